The number of amides is 5. The van der Waals surface area contributed by atoms with Gasteiger partial charge >= 0.3 is 6.03 Å². The molecule has 0 saturated carbocycles. The maximum atomic E-state index is 12.3. The molecule has 0 radical (unpaired) electrons. The van der Waals surface area contributed by atoms with Crippen molar-refractivity contribution in [3.05, 3.63) is 0 Å². The van der Waals surface area contributed by atoms with Crippen LogP contribution in [0.25, 0.3) is 0 Å². The fourth-order valence-corrected chi connectivity index (χ4v) is 8.26. The van der Waals surface area contributed by atoms with Crippen molar-refractivity contribution in [3.8, 4) is 0 Å². The average Bonchev–Trinajstić information content (AvgIpc) is 3.67. The molecule has 52 heavy (non-hydrogen) atoms. The first kappa shape index (κ1) is 42.4. The van der Waals surface area contributed by atoms with E-state index in [1.807, 2.05) is 11.8 Å². The number of aliphatic hydroxyl groups excluding tert-OH is 6. The smallest absolute Gasteiger partial charge is 0.315 e. The molecule has 0 bridgehead atoms. The van der Waals surface area contributed by atoms with Gasteiger partial charge in [-0.25, -0.2) is 4.79 Å². The summed E-state index contributed by atoms with van der Waals surface area (Å²) >= 11 is 1.85. The molecule has 0 spiro atoms. The Balaban J connectivity index is 1.10. The third-order valence-corrected chi connectivity index (χ3v) is 11.1. The molecular formula is C32H55N5O14S. The van der Waals surface area contributed by atoms with Gasteiger partial charge in [0, 0.05) is 50.5 Å². The number of fused-ring (bicyclic) bond motifs is 1. The molecular weight excluding hydrogens is 710 g/mol. The van der Waals surface area contributed by atoms with Crippen molar-refractivity contribution < 1.29 is 68.8 Å². The Labute approximate surface area is 306 Å². The van der Waals surface area contributed by atoms with Crippen LogP contribution >= 0.6 is 11.8 Å². The molecule has 5 amide bonds. The van der Waals surface area contributed by atoms with Gasteiger partial charge in [-0.15, -0.1) is 0 Å². The highest BCUT2D eigenvalue weighted by atomic mass is 32.2. The molecule has 4 aliphatic heterocycles. The highest BCUT2D eigenvalue weighted by molar-refractivity contribution is 8.00. The Morgan fingerprint density at radius 1 is 0.827 bits per heavy atom. The molecule has 298 valence electrons. The van der Waals surface area contributed by atoms with Gasteiger partial charge in [0.1, 0.15) is 48.8 Å². The number of nitrogens with one attached hydrogen (secondary N) is 5. The van der Waals surface area contributed by atoms with Crippen LogP contribution in [0.3, 0.4) is 0 Å². The van der Waals surface area contributed by atoms with Gasteiger partial charge in [0.15, 0.2) is 12.6 Å². The van der Waals surface area contributed by atoms with E-state index in [-0.39, 0.29) is 43.0 Å². The summed E-state index contributed by atoms with van der Waals surface area (Å²) in [6.45, 7) is 0.601. The van der Waals surface area contributed by atoms with E-state index in [1.165, 1.54) is 6.92 Å². The monoisotopic (exact) mass is 765 g/mol. The molecule has 20 heteroatoms. The van der Waals surface area contributed by atoms with E-state index in [1.54, 1.807) is 0 Å². The zero-order chi connectivity index (χ0) is 37.8. The summed E-state index contributed by atoms with van der Waals surface area (Å²) in [4.78, 5) is 48.0. The van der Waals surface area contributed by atoms with E-state index in [4.69, 9.17) is 18.9 Å². The highest BCUT2D eigenvalue weighted by Gasteiger charge is 2.51. The molecule has 0 aromatic rings. The summed E-state index contributed by atoms with van der Waals surface area (Å²) in [6.07, 6.45) is -8.54. The first-order valence-electron chi connectivity index (χ1n) is 17.9. The maximum Gasteiger partial charge on any atom is 0.315 e. The fraction of sp³-hybridized carbons (Fsp3) is 0.875. The lowest BCUT2D eigenvalue weighted by Crippen LogP contribution is -2.68. The summed E-state index contributed by atoms with van der Waals surface area (Å²) < 4.78 is 22.8. The van der Waals surface area contributed by atoms with Gasteiger partial charge in [-0.2, -0.15) is 11.8 Å². The maximum absolute atomic E-state index is 12.3. The molecule has 4 heterocycles. The number of hydrogen-bond acceptors (Lipinski definition) is 15. The molecule has 0 aromatic carbocycles. The van der Waals surface area contributed by atoms with E-state index in [2.05, 4.69) is 26.6 Å². The fourth-order valence-electron chi connectivity index (χ4n) is 6.71. The van der Waals surface area contributed by atoms with Crippen LogP contribution in [0.15, 0.2) is 0 Å². The summed E-state index contributed by atoms with van der Waals surface area (Å²) in [6, 6.07) is -0.918. The number of aliphatic hydroxyl groups is 6. The molecule has 4 saturated heterocycles. The second-order valence-electron chi connectivity index (χ2n) is 13.5. The number of ether oxygens (including phenoxy) is 4. The van der Waals surface area contributed by atoms with Crippen LogP contribution in [-0.4, -0.2) is 172 Å². The number of thioether (sulfide) groups is 1. The number of rotatable bonds is 20. The minimum Gasteiger partial charge on any atom is -0.394 e. The molecule has 11 N–H and O–H groups in total. The zero-order valence-electron chi connectivity index (χ0n) is 29.3. The Hall–Kier alpha value is -2.37. The Morgan fingerprint density at radius 2 is 1.46 bits per heavy atom. The normalized spacial score (nSPS) is 35.7. The van der Waals surface area contributed by atoms with Crippen LogP contribution in [0.1, 0.15) is 58.3 Å². The number of urea groups is 1. The number of carbonyl (C=O) groups is 4. The first-order valence-corrected chi connectivity index (χ1v) is 19.0. The van der Waals surface area contributed by atoms with Crippen LogP contribution in [0.5, 0.6) is 0 Å². The summed E-state index contributed by atoms with van der Waals surface area (Å²) in [5, 5.41) is 75.4. The van der Waals surface area contributed by atoms with Crippen molar-refractivity contribution in [2.24, 2.45) is 0 Å². The molecule has 0 aliphatic carbocycles. The van der Waals surface area contributed by atoms with Gasteiger partial charge < -0.3 is 76.2 Å². The Bertz CT molecular complexity index is 1170. The van der Waals surface area contributed by atoms with E-state index in [0.29, 0.717) is 44.0 Å². The molecule has 4 fully saturated rings. The number of carbonyl (C=O) groups excluding carboxylic acids is 4. The Morgan fingerprint density at radius 3 is 2.12 bits per heavy atom. The van der Waals surface area contributed by atoms with Gasteiger partial charge in [0.2, 0.25) is 17.7 Å². The van der Waals surface area contributed by atoms with Crippen molar-refractivity contribution in [3.63, 3.8) is 0 Å². The lowest BCUT2D eigenvalue weighted by Gasteiger charge is -2.47. The predicted octanol–water partition coefficient (Wildman–Crippen LogP) is -3.71. The van der Waals surface area contributed by atoms with Crippen LogP contribution in [0, 0.1) is 0 Å². The van der Waals surface area contributed by atoms with Crippen LogP contribution in [0.4, 0.5) is 4.79 Å². The van der Waals surface area contributed by atoms with Crippen molar-refractivity contribution >= 4 is 35.5 Å². The van der Waals surface area contributed by atoms with E-state index >= 15 is 0 Å². The summed E-state index contributed by atoms with van der Waals surface area (Å²) in [5.41, 5.74) is 0. The second kappa shape index (κ2) is 20.9. The second-order valence-corrected chi connectivity index (χ2v) is 14.8. The Kier molecular flexibility index (Phi) is 17.0. The van der Waals surface area contributed by atoms with Crippen LogP contribution < -0.4 is 26.6 Å². The molecule has 4 rings (SSSR count). The molecule has 0 aromatic heterocycles. The van der Waals surface area contributed by atoms with Crippen molar-refractivity contribution in [1.29, 1.82) is 0 Å². The minimum atomic E-state index is -1.78. The largest absolute Gasteiger partial charge is 0.394 e. The molecule has 13 atom stereocenters. The first-order chi connectivity index (χ1) is 24.9. The van der Waals surface area contributed by atoms with E-state index in [9.17, 15) is 49.8 Å². The quantitative estimate of drug-likeness (QED) is 0.0420. The van der Waals surface area contributed by atoms with Crippen molar-refractivity contribution in [1.82, 2.24) is 26.6 Å². The highest BCUT2D eigenvalue weighted by Crippen LogP contribution is 2.33. The van der Waals surface area contributed by atoms with E-state index < -0.39 is 80.5 Å². The van der Waals surface area contributed by atoms with E-state index in [0.717, 1.165) is 25.0 Å². The van der Waals surface area contributed by atoms with Crippen LogP contribution in [-0.2, 0) is 33.3 Å². The predicted molar refractivity (Wildman–Crippen MR) is 182 cm³/mol. The summed E-state index contributed by atoms with van der Waals surface area (Å²) in [5.74, 6) is 0.141. The molecule has 19 nitrogen and oxygen atoms in total. The third-order valence-electron chi connectivity index (χ3n) is 9.54. The van der Waals surface area contributed by atoms with Gasteiger partial charge in [0.25, 0.3) is 0 Å². The topological polar surface area (TPSA) is 287 Å². The van der Waals surface area contributed by atoms with Crippen molar-refractivity contribution in [2.45, 2.75) is 137 Å². The van der Waals surface area contributed by atoms with Crippen LogP contribution in [0.2, 0.25) is 0 Å². The zero-order valence-corrected chi connectivity index (χ0v) is 30.1. The number of unbranched alkanes of at least 4 members (excludes halogenated alkanes) is 3. The summed E-state index contributed by atoms with van der Waals surface area (Å²) in [7, 11) is 0. The molecule has 4 aliphatic rings. The minimum absolute atomic E-state index is 0.0729. The van der Waals surface area contributed by atoms with Gasteiger partial charge in [0.05, 0.1) is 25.3 Å². The van der Waals surface area contributed by atoms with Gasteiger partial charge in [-0.05, 0) is 25.7 Å². The van der Waals surface area contributed by atoms with Gasteiger partial charge in [-0.1, -0.05) is 12.8 Å². The average molecular weight is 766 g/mol. The lowest BCUT2D eigenvalue weighted by atomic mass is 9.95. The molecule has 0 unspecified atom stereocenters. The lowest BCUT2D eigenvalue weighted by molar-refractivity contribution is -0.344. The SMILES string of the molecule is CC(=O)N[C@H]1[C@H](OCCCCCC(=O)NCCNC(=O)CCCC[C@@H]2SC[C@@H]3NC(=O)N[C@@H]32)O[C@H](CO)[C@H](O)[C@@H]1O[C@H]1O[C@H](CO)[C@H](O)[C@H](O)[C@H]1O. The third kappa shape index (κ3) is 11.8. The number of hydrogen-bond donors (Lipinski definition) is 11. The standard InChI is InChI=1S/C32H55N5O14S/c1-16(40)35-24-29(51-31-28(46)27(45)25(43)18(13-38)50-31)26(44)19(14-39)49-30(24)48-12-6-2-3-8-21(41)33-10-11-34-22(42)9-5-4-7-20-23-17(15-52-20)36-32(47)37-23/h17-20,23-31,38-39,43-46H,2-15H2,1H3,(H,33,41)(H,34,42)(H,35,40)(H2,36,37,47)/t17-,18+,19+,20-,23-,24+,25-,26-,27-,28+,29+,30+,31+/m0/s1. The van der Waals surface area contributed by atoms with Crippen molar-refractivity contribution in [2.75, 3.05) is 38.7 Å². The van der Waals surface area contributed by atoms with Gasteiger partial charge in [-0.3, -0.25) is 14.4 Å².